The summed E-state index contributed by atoms with van der Waals surface area (Å²) in [6.45, 7) is 6.57. The summed E-state index contributed by atoms with van der Waals surface area (Å²) in [5.74, 6) is -1.21. The van der Waals surface area contributed by atoms with Gasteiger partial charge in [0.05, 0.1) is 18.2 Å². The summed E-state index contributed by atoms with van der Waals surface area (Å²) in [6, 6.07) is 17.7. The van der Waals surface area contributed by atoms with Crippen molar-refractivity contribution in [1.82, 2.24) is 0 Å². The van der Waals surface area contributed by atoms with Gasteiger partial charge in [-0.15, -0.1) is 0 Å². The van der Waals surface area contributed by atoms with Gasteiger partial charge in [-0.2, -0.15) is 0 Å². The molecule has 0 spiro atoms. The first-order chi connectivity index (χ1) is 16.7. The van der Waals surface area contributed by atoms with Crippen molar-refractivity contribution < 1.29 is 23.5 Å². The highest BCUT2D eigenvalue weighted by molar-refractivity contribution is 5.97. The second-order valence-electron chi connectivity index (χ2n) is 9.69. The van der Waals surface area contributed by atoms with Crippen LogP contribution in [-0.2, 0) is 22.4 Å². The van der Waals surface area contributed by atoms with Crippen molar-refractivity contribution in [3.05, 3.63) is 88.7 Å². The van der Waals surface area contributed by atoms with Gasteiger partial charge in [-0.25, -0.2) is 14.0 Å². The van der Waals surface area contributed by atoms with E-state index in [4.69, 9.17) is 9.47 Å². The Morgan fingerprint density at radius 3 is 2.46 bits per heavy atom. The van der Waals surface area contributed by atoms with Crippen LogP contribution < -0.4 is 4.90 Å². The highest BCUT2D eigenvalue weighted by atomic mass is 19.1. The Hall–Kier alpha value is -3.67. The number of hydrogen-bond donors (Lipinski definition) is 0. The van der Waals surface area contributed by atoms with Gasteiger partial charge >= 0.3 is 11.9 Å². The lowest BCUT2D eigenvalue weighted by Crippen LogP contribution is -2.29. The summed E-state index contributed by atoms with van der Waals surface area (Å²) in [4.78, 5) is 26.9. The molecular formula is C29H30FNO4. The fourth-order valence-corrected chi connectivity index (χ4v) is 4.43. The lowest BCUT2D eigenvalue weighted by Gasteiger charge is -2.32. The van der Waals surface area contributed by atoms with E-state index in [-0.39, 0.29) is 11.8 Å². The van der Waals surface area contributed by atoms with Gasteiger partial charge in [0.15, 0.2) is 0 Å². The molecule has 1 heterocycles. The van der Waals surface area contributed by atoms with Crippen LogP contribution in [0.25, 0.3) is 11.1 Å². The molecule has 0 atom stereocenters. The third-order valence-electron chi connectivity index (χ3n) is 5.99. The smallest absolute Gasteiger partial charge is 0.339 e. The van der Waals surface area contributed by atoms with Gasteiger partial charge in [0, 0.05) is 29.9 Å². The van der Waals surface area contributed by atoms with Crippen LogP contribution in [0.1, 0.15) is 59.0 Å². The van der Waals surface area contributed by atoms with Crippen molar-refractivity contribution in [1.29, 1.82) is 0 Å². The van der Waals surface area contributed by atoms with Crippen LogP contribution >= 0.6 is 0 Å². The van der Waals surface area contributed by atoms with Crippen LogP contribution in [0.4, 0.5) is 10.1 Å². The number of fused-ring (bicyclic) bond motifs is 1. The Labute approximate surface area is 205 Å². The van der Waals surface area contributed by atoms with Gasteiger partial charge in [-0.3, -0.25) is 0 Å². The van der Waals surface area contributed by atoms with Crippen LogP contribution in [0.3, 0.4) is 0 Å². The number of carbonyl (C=O) groups excluding carboxylic acids is 2. The topological polar surface area (TPSA) is 55.8 Å². The molecule has 3 aromatic rings. The maximum atomic E-state index is 15.8. The number of benzene rings is 3. The summed E-state index contributed by atoms with van der Waals surface area (Å²) in [7, 11) is 1.37. The standard InChI is InChI=1S/C29H30FNO4/c1-29(2,3)35-28(33)24-12-6-5-11-22(24)23-13-7-9-21(26(23)30)18-31-16-8-10-19-17-20(27(32)34-4)14-15-25(19)31/h5-7,9,11-15,17H,8,10,16,18H2,1-4H3. The van der Waals surface area contributed by atoms with Gasteiger partial charge in [-0.05, 0) is 69.0 Å². The van der Waals surface area contributed by atoms with E-state index in [9.17, 15) is 9.59 Å². The first-order valence-corrected chi connectivity index (χ1v) is 11.7. The van der Waals surface area contributed by atoms with Gasteiger partial charge in [0.1, 0.15) is 11.4 Å². The summed E-state index contributed by atoms with van der Waals surface area (Å²) in [5.41, 5.74) is 3.63. The van der Waals surface area contributed by atoms with Crippen molar-refractivity contribution in [3.63, 3.8) is 0 Å². The minimum Gasteiger partial charge on any atom is -0.465 e. The minimum atomic E-state index is -0.653. The fraction of sp³-hybridized carbons (Fsp3) is 0.310. The number of ether oxygens (including phenoxy) is 2. The molecule has 6 heteroatoms. The zero-order valence-electron chi connectivity index (χ0n) is 20.6. The molecule has 5 nitrogen and oxygen atoms in total. The molecule has 1 aliphatic heterocycles. The first kappa shape index (κ1) is 24.5. The van der Waals surface area contributed by atoms with Crippen LogP contribution in [0.2, 0.25) is 0 Å². The van der Waals surface area contributed by atoms with E-state index in [1.54, 1.807) is 63.2 Å². The number of carbonyl (C=O) groups is 2. The molecule has 0 saturated heterocycles. The molecule has 35 heavy (non-hydrogen) atoms. The molecule has 0 unspecified atom stereocenters. The van der Waals surface area contributed by atoms with Crippen molar-refractivity contribution in [2.45, 2.75) is 45.8 Å². The van der Waals surface area contributed by atoms with Crippen LogP contribution in [0.5, 0.6) is 0 Å². The summed E-state index contributed by atoms with van der Waals surface area (Å²) in [5, 5.41) is 0. The number of rotatable bonds is 5. The summed E-state index contributed by atoms with van der Waals surface area (Å²) < 4.78 is 26.2. The van der Waals surface area contributed by atoms with E-state index < -0.39 is 11.6 Å². The van der Waals surface area contributed by atoms with Gasteiger partial charge < -0.3 is 14.4 Å². The van der Waals surface area contributed by atoms with E-state index in [1.807, 2.05) is 18.2 Å². The molecule has 4 rings (SSSR count). The minimum absolute atomic E-state index is 0.331. The van der Waals surface area contributed by atoms with Crippen molar-refractivity contribution in [2.75, 3.05) is 18.6 Å². The Balaban J connectivity index is 1.66. The van der Waals surface area contributed by atoms with Gasteiger partial charge in [0.25, 0.3) is 0 Å². The number of nitrogens with zero attached hydrogens (tertiary/aromatic N) is 1. The van der Waals surface area contributed by atoms with Gasteiger partial charge in [-0.1, -0.05) is 36.4 Å². The lowest BCUT2D eigenvalue weighted by atomic mass is 9.95. The molecule has 0 bridgehead atoms. The Morgan fingerprint density at radius 2 is 1.71 bits per heavy atom. The second kappa shape index (κ2) is 9.90. The Kier molecular flexibility index (Phi) is 6.92. The van der Waals surface area contributed by atoms with E-state index in [0.29, 0.717) is 34.4 Å². The second-order valence-corrected chi connectivity index (χ2v) is 9.69. The average Bonchev–Trinajstić information content (AvgIpc) is 2.83. The molecule has 0 aromatic heterocycles. The summed E-state index contributed by atoms with van der Waals surface area (Å²) >= 11 is 0. The maximum Gasteiger partial charge on any atom is 0.339 e. The fourth-order valence-electron chi connectivity index (χ4n) is 4.43. The zero-order chi connectivity index (χ0) is 25.2. The van der Waals surface area contributed by atoms with Crippen LogP contribution in [0.15, 0.2) is 60.7 Å². The first-order valence-electron chi connectivity index (χ1n) is 11.7. The highest BCUT2D eigenvalue weighted by Crippen LogP contribution is 2.33. The SMILES string of the molecule is COC(=O)c1ccc2c(c1)CCCN2Cc1cccc(-c2ccccc2C(=O)OC(C)(C)C)c1F. The van der Waals surface area contributed by atoms with E-state index >= 15 is 4.39 Å². The largest absolute Gasteiger partial charge is 0.465 e. The normalized spacial score (nSPS) is 13.2. The molecule has 0 radical (unpaired) electrons. The molecule has 0 saturated carbocycles. The number of aryl methyl sites for hydroxylation is 1. The highest BCUT2D eigenvalue weighted by Gasteiger charge is 2.24. The molecule has 0 amide bonds. The van der Waals surface area contributed by atoms with Crippen molar-refractivity contribution in [3.8, 4) is 11.1 Å². The average molecular weight is 476 g/mol. The molecule has 0 aliphatic carbocycles. The third-order valence-corrected chi connectivity index (χ3v) is 5.99. The molecule has 3 aromatic carbocycles. The zero-order valence-corrected chi connectivity index (χ0v) is 20.6. The number of esters is 2. The Morgan fingerprint density at radius 1 is 0.971 bits per heavy atom. The number of anilines is 1. The summed E-state index contributed by atoms with van der Waals surface area (Å²) in [6.07, 6.45) is 1.75. The molecule has 182 valence electrons. The third kappa shape index (κ3) is 5.37. The van der Waals surface area contributed by atoms with Crippen LogP contribution in [0, 0.1) is 5.82 Å². The number of methoxy groups -OCH3 is 1. The quantitative estimate of drug-likeness (QED) is 0.412. The van der Waals surface area contributed by atoms with Crippen LogP contribution in [-0.4, -0.2) is 31.2 Å². The molecular weight excluding hydrogens is 445 g/mol. The van der Waals surface area contributed by atoms with E-state index in [1.165, 1.54) is 7.11 Å². The van der Waals surface area contributed by atoms with E-state index in [0.717, 1.165) is 30.6 Å². The lowest BCUT2D eigenvalue weighted by molar-refractivity contribution is 0.00702. The van der Waals surface area contributed by atoms with Crippen molar-refractivity contribution >= 4 is 17.6 Å². The number of halogens is 1. The number of hydrogen-bond acceptors (Lipinski definition) is 5. The monoisotopic (exact) mass is 475 g/mol. The molecule has 0 fully saturated rings. The van der Waals surface area contributed by atoms with Gasteiger partial charge in [0.2, 0.25) is 0 Å². The molecule has 1 aliphatic rings. The van der Waals surface area contributed by atoms with E-state index in [2.05, 4.69) is 4.90 Å². The maximum absolute atomic E-state index is 15.8. The Bertz CT molecular complexity index is 1260. The predicted octanol–water partition coefficient (Wildman–Crippen LogP) is 6.19. The molecule has 0 N–H and O–H groups in total. The predicted molar refractivity (Wildman–Crippen MR) is 134 cm³/mol. The van der Waals surface area contributed by atoms with Crippen molar-refractivity contribution in [2.24, 2.45) is 0 Å².